The lowest BCUT2D eigenvalue weighted by atomic mass is 10.5. The largest absolute Gasteiger partial charge is 0.515 e. The average Bonchev–Trinajstić information content (AvgIpc) is 2.31. The first-order valence-corrected chi connectivity index (χ1v) is 8.81. The maximum absolute atomic E-state index is 11.9. The molecule has 0 saturated carbocycles. The molecule has 0 fully saturated rings. The first kappa shape index (κ1) is 17.9. The highest BCUT2D eigenvalue weighted by Crippen LogP contribution is 2.42. The third kappa shape index (κ3) is 4.49. The maximum atomic E-state index is 11.9. The third-order valence-corrected chi connectivity index (χ3v) is 9.51. The molecule has 0 spiro atoms. The van der Waals surface area contributed by atoms with E-state index in [1.165, 1.54) is 7.11 Å². The van der Waals surface area contributed by atoms with Crippen LogP contribution >= 0.6 is 0 Å². The summed E-state index contributed by atoms with van der Waals surface area (Å²) in [4.78, 5) is 22.9. The summed E-state index contributed by atoms with van der Waals surface area (Å²) in [5.74, 6) is -1.00. The molecule has 0 saturated heterocycles. The molecule has 0 N–H and O–H groups in total. The van der Waals surface area contributed by atoms with E-state index in [0.717, 1.165) is 12.2 Å². The quantitative estimate of drug-likeness (QED) is 0.426. The van der Waals surface area contributed by atoms with Gasteiger partial charge in [-0.15, -0.1) is 0 Å². The van der Waals surface area contributed by atoms with Crippen molar-refractivity contribution in [1.82, 2.24) is 0 Å². The Kier molecular flexibility index (Phi) is 7.04. The van der Waals surface area contributed by atoms with Crippen LogP contribution in [0.3, 0.4) is 0 Å². The van der Waals surface area contributed by atoms with Crippen LogP contribution in [0.15, 0.2) is 12.2 Å². The summed E-state index contributed by atoms with van der Waals surface area (Å²) in [5.41, 5.74) is 0.967. The van der Waals surface area contributed by atoms with Crippen LogP contribution in [0.2, 0.25) is 16.6 Å². The molecule has 4 nitrogen and oxygen atoms in total. The fourth-order valence-corrected chi connectivity index (χ4v) is 7.89. The zero-order valence-corrected chi connectivity index (χ0v) is 14.0. The second-order valence-corrected chi connectivity index (χ2v) is 11.0. The molecule has 19 heavy (non-hydrogen) atoms. The van der Waals surface area contributed by atoms with E-state index in [1.807, 2.05) is 0 Å². The molecule has 0 atom stereocenters. The number of ether oxygens (including phenoxy) is 1. The molecule has 0 aliphatic carbocycles. The zero-order chi connectivity index (χ0) is 15.2. The van der Waals surface area contributed by atoms with Gasteiger partial charge < -0.3 is 9.16 Å². The smallest absolute Gasteiger partial charge is 0.330 e. The van der Waals surface area contributed by atoms with Crippen LogP contribution in [0.4, 0.5) is 0 Å². The van der Waals surface area contributed by atoms with Gasteiger partial charge in [0.1, 0.15) is 0 Å². The summed E-state index contributed by atoms with van der Waals surface area (Å²) in [6.07, 6.45) is 2.25. The van der Waals surface area contributed by atoms with E-state index in [0.29, 0.717) is 16.6 Å². The van der Waals surface area contributed by atoms with Crippen LogP contribution in [-0.4, -0.2) is 27.4 Å². The highest BCUT2D eigenvalue weighted by atomic mass is 28.4. The van der Waals surface area contributed by atoms with Crippen molar-refractivity contribution in [3.63, 3.8) is 0 Å². The summed E-state index contributed by atoms with van der Waals surface area (Å²) >= 11 is 0. The van der Waals surface area contributed by atoms with Gasteiger partial charge in [-0.25, -0.2) is 9.59 Å². The molecule has 110 valence electrons. The van der Waals surface area contributed by atoms with Crippen molar-refractivity contribution in [1.29, 1.82) is 0 Å². The number of methoxy groups -OCH3 is 1. The van der Waals surface area contributed by atoms with Crippen molar-refractivity contribution >= 4 is 20.3 Å². The molecule has 0 amide bonds. The Bertz CT molecular complexity index is 324. The topological polar surface area (TPSA) is 52.6 Å². The highest BCUT2D eigenvalue weighted by molar-refractivity contribution is 6.79. The van der Waals surface area contributed by atoms with E-state index in [-0.39, 0.29) is 0 Å². The summed E-state index contributed by atoms with van der Waals surface area (Å²) in [6, 6.07) is 0. The van der Waals surface area contributed by atoms with Crippen LogP contribution in [0.5, 0.6) is 0 Å². The van der Waals surface area contributed by atoms with E-state index >= 15 is 0 Å². The van der Waals surface area contributed by atoms with Gasteiger partial charge in [0.15, 0.2) is 0 Å². The SMILES string of the molecule is COC(=O)C=CC(=O)O[Si](C(C)C)(C(C)C)C(C)C. The molecule has 0 aromatic heterocycles. The Morgan fingerprint density at radius 3 is 1.53 bits per heavy atom. The minimum absolute atomic E-state index is 0.322. The summed E-state index contributed by atoms with van der Waals surface area (Å²) in [7, 11) is -0.955. The fraction of sp³-hybridized carbons (Fsp3) is 0.714. The van der Waals surface area contributed by atoms with Gasteiger partial charge in [0.05, 0.1) is 7.11 Å². The van der Waals surface area contributed by atoms with Crippen molar-refractivity contribution < 1.29 is 18.8 Å². The van der Waals surface area contributed by atoms with E-state index in [9.17, 15) is 9.59 Å². The van der Waals surface area contributed by atoms with E-state index < -0.39 is 20.3 Å². The van der Waals surface area contributed by atoms with Crippen LogP contribution in [0.1, 0.15) is 41.5 Å². The first-order chi connectivity index (χ1) is 8.68. The number of esters is 1. The highest BCUT2D eigenvalue weighted by Gasteiger charge is 2.47. The lowest BCUT2D eigenvalue weighted by Gasteiger charge is -2.40. The van der Waals surface area contributed by atoms with Gasteiger partial charge in [0.2, 0.25) is 0 Å². The molecule has 5 heteroatoms. The Morgan fingerprint density at radius 1 is 0.842 bits per heavy atom. The lowest BCUT2D eigenvalue weighted by Crippen LogP contribution is -2.49. The summed E-state index contributed by atoms with van der Waals surface area (Å²) in [6.45, 7) is 12.6. The molecule has 0 aliphatic rings. The van der Waals surface area contributed by atoms with Crippen molar-refractivity contribution in [2.24, 2.45) is 0 Å². The predicted molar refractivity (Wildman–Crippen MR) is 78.3 cm³/mol. The number of hydrogen-bond acceptors (Lipinski definition) is 4. The Morgan fingerprint density at radius 2 is 1.21 bits per heavy atom. The van der Waals surface area contributed by atoms with E-state index in [4.69, 9.17) is 4.43 Å². The van der Waals surface area contributed by atoms with Gasteiger partial charge >= 0.3 is 11.9 Å². The van der Waals surface area contributed by atoms with Gasteiger partial charge in [0.25, 0.3) is 8.32 Å². The minimum Gasteiger partial charge on any atom is -0.515 e. The summed E-state index contributed by atoms with van der Waals surface area (Å²) < 4.78 is 10.3. The molecule has 0 aromatic carbocycles. The second kappa shape index (κ2) is 7.48. The van der Waals surface area contributed by atoms with Gasteiger partial charge in [-0.1, -0.05) is 41.5 Å². The standard InChI is InChI=1S/C14H26O4Si/c1-10(2)19(11(3)4,12(5)6)18-14(16)9-8-13(15)17-7/h8-12H,1-7H3. The number of carbonyl (C=O) groups is 2. The van der Waals surface area contributed by atoms with E-state index in [1.54, 1.807) is 0 Å². The van der Waals surface area contributed by atoms with Gasteiger partial charge in [-0.05, 0) is 16.6 Å². The van der Waals surface area contributed by atoms with Crippen molar-refractivity contribution in [2.75, 3.05) is 7.11 Å². The van der Waals surface area contributed by atoms with Crippen molar-refractivity contribution in [2.45, 2.75) is 58.2 Å². The Hall–Kier alpha value is -1.10. The molecule has 0 aromatic rings. The summed E-state index contributed by atoms with van der Waals surface area (Å²) in [5, 5.41) is 0. The van der Waals surface area contributed by atoms with E-state index in [2.05, 4.69) is 46.3 Å². The first-order valence-electron chi connectivity index (χ1n) is 6.67. The predicted octanol–water partition coefficient (Wildman–Crippen LogP) is 3.43. The molecule has 0 bridgehead atoms. The van der Waals surface area contributed by atoms with Crippen molar-refractivity contribution in [3.8, 4) is 0 Å². The van der Waals surface area contributed by atoms with Crippen LogP contribution in [-0.2, 0) is 18.8 Å². The van der Waals surface area contributed by atoms with Gasteiger partial charge in [-0.3, -0.25) is 0 Å². The number of rotatable bonds is 6. The van der Waals surface area contributed by atoms with Crippen LogP contribution in [0, 0.1) is 0 Å². The Balaban J connectivity index is 5.09. The normalized spacial score (nSPS) is 12.5. The monoisotopic (exact) mass is 286 g/mol. The zero-order valence-electron chi connectivity index (χ0n) is 13.0. The number of hydrogen-bond donors (Lipinski definition) is 0. The average molecular weight is 286 g/mol. The molecule has 0 heterocycles. The van der Waals surface area contributed by atoms with Gasteiger partial charge in [0, 0.05) is 12.2 Å². The number of carbonyl (C=O) groups excluding carboxylic acids is 2. The van der Waals surface area contributed by atoms with Crippen LogP contribution < -0.4 is 0 Å². The molecule has 0 aliphatic heterocycles. The molecular weight excluding hydrogens is 260 g/mol. The van der Waals surface area contributed by atoms with Crippen molar-refractivity contribution in [3.05, 3.63) is 12.2 Å². The molecular formula is C14H26O4Si. The maximum Gasteiger partial charge on any atom is 0.330 e. The third-order valence-electron chi connectivity index (χ3n) is 3.54. The molecule has 0 radical (unpaired) electrons. The van der Waals surface area contributed by atoms with Crippen LogP contribution in [0.25, 0.3) is 0 Å². The Labute approximate surface area is 117 Å². The lowest BCUT2D eigenvalue weighted by molar-refractivity contribution is -0.136. The molecule has 0 rings (SSSR count). The molecule has 0 unspecified atom stereocenters. The second-order valence-electron chi connectivity index (χ2n) is 5.60. The fourth-order valence-electron chi connectivity index (χ4n) is 2.77. The van der Waals surface area contributed by atoms with Gasteiger partial charge in [-0.2, -0.15) is 0 Å². The minimum atomic E-state index is -2.23.